The van der Waals surface area contributed by atoms with Crippen molar-refractivity contribution in [1.82, 2.24) is 0 Å². The Kier molecular flexibility index (Phi) is 3.58. The first-order valence-electron chi connectivity index (χ1n) is 5.66. The van der Waals surface area contributed by atoms with Crippen LogP contribution in [0.3, 0.4) is 0 Å². The first-order valence-corrected chi connectivity index (χ1v) is 5.66. The molecule has 90 valence electrons. The molecule has 0 bridgehead atoms. The molecule has 0 aromatic heterocycles. The first-order chi connectivity index (χ1) is 8.74. The molecule has 0 fully saturated rings. The maximum absolute atomic E-state index is 11.3. The fourth-order valence-corrected chi connectivity index (χ4v) is 1.73. The molecule has 0 radical (unpaired) electrons. The van der Waals surface area contributed by atoms with E-state index in [1.807, 2.05) is 42.5 Å². The Hall–Kier alpha value is -2.35. The van der Waals surface area contributed by atoms with E-state index in [2.05, 4.69) is 11.3 Å². The average molecular weight is 238 g/mol. The van der Waals surface area contributed by atoms with Crippen LogP contribution in [-0.2, 0) is 4.74 Å². The van der Waals surface area contributed by atoms with Crippen molar-refractivity contribution in [1.29, 1.82) is 0 Å². The summed E-state index contributed by atoms with van der Waals surface area (Å²) in [6.45, 7) is 3.72. The largest absolute Gasteiger partial charge is 0.465 e. The minimum atomic E-state index is -0.316. The van der Waals surface area contributed by atoms with Gasteiger partial charge in [-0.2, -0.15) is 0 Å². The van der Waals surface area contributed by atoms with Crippen LogP contribution in [-0.4, -0.2) is 13.1 Å². The van der Waals surface area contributed by atoms with E-state index in [0.29, 0.717) is 5.56 Å². The van der Waals surface area contributed by atoms with Gasteiger partial charge < -0.3 is 4.74 Å². The van der Waals surface area contributed by atoms with E-state index in [0.717, 1.165) is 16.7 Å². The molecule has 0 atom stereocenters. The lowest BCUT2D eigenvalue weighted by molar-refractivity contribution is 0.0601. The summed E-state index contributed by atoms with van der Waals surface area (Å²) in [5, 5.41) is 0. The number of ether oxygens (including phenoxy) is 1. The molecule has 0 amide bonds. The molecular formula is C16H14O2. The summed E-state index contributed by atoms with van der Waals surface area (Å²) in [5.74, 6) is -0.316. The standard InChI is InChI=1S/C16H14O2/c1-3-12-4-6-13(7-5-12)14-8-10-15(11-9-14)16(17)18-2/h3-11H,1H2,2H3. The summed E-state index contributed by atoms with van der Waals surface area (Å²) >= 11 is 0. The Labute approximate surface area is 107 Å². The van der Waals surface area contributed by atoms with E-state index >= 15 is 0 Å². The summed E-state index contributed by atoms with van der Waals surface area (Å²) < 4.78 is 4.66. The maximum Gasteiger partial charge on any atom is 0.337 e. The summed E-state index contributed by atoms with van der Waals surface area (Å²) in [5.41, 5.74) is 3.82. The number of hydrogen-bond donors (Lipinski definition) is 0. The summed E-state index contributed by atoms with van der Waals surface area (Å²) in [4.78, 5) is 11.3. The van der Waals surface area contributed by atoms with Gasteiger partial charge in [0.2, 0.25) is 0 Å². The number of rotatable bonds is 3. The topological polar surface area (TPSA) is 26.3 Å². The first kappa shape index (κ1) is 12.1. The van der Waals surface area contributed by atoms with Crippen LogP contribution in [0.1, 0.15) is 15.9 Å². The Morgan fingerprint density at radius 1 is 1.00 bits per heavy atom. The van der Waals surface area contributed by atoms with Crippen LogP contribution in [0.15, 0.2) is 55.1 Å². The molecule has 0 heterocycles. The zero-order valence-electron chi connectivity index (χ0n) is 10.2. The summed E-state index contributed by atoms with van der Waals surface area (Å²) in [6.07, 6.45) is 1.81. The van der Waals surface area contributed by atoms with E-state index in [1.54, 1.807) is 12.1 Å². The van der Waals surface area contributed by atoms with Crippen LogP contribution in [0.5, 0.6) is 0 Å². The Morgan fingerprint density at radius 3 is 1.94 bits per heavy atom. The van der Waals surface area contributed by atoms with Crippen molar-refractivity contribution in [3.8, 4) is 11.1 Å². The molecule has 0 spiro atoms. The van der Waals surface area contributed by atoms with Crippen molar-refractivity contribution in [3.63, 3.8) is 0 Å². The third kappa shape index (κ3) is 2.48. The van der Waals surface area contributed by atoms with Crippen molar-refractivity contribution in [3.05, 3.63) is 66.2 Å². The lowest BCUT2D eigenvalue weighted by atomic mass is 10.0. The predicted octanol–water partition coefficient (Wildman–Crippen LogP) is 3.78. The van der Waals surface area contributed by atoms with E-state index in [1.165, 1.54) is 7.11 Å². The van der Waals surface area contributed by atoms with Gasteiger partial charge in [0, 0.05) is 0 Å². The van der Waals surface area contributed by atoms with Crippen molar-refractivity contribution in [2.24, 2.45) is 0 Å². The van der Waals surface area contributed by atoms with Gasteiger partial charge in [0.1, 0.15) is 0 Å². The Bertz CT molecular complexity index is 551. The second-order valence-electron chi connectivity index (χ2n) is 3.90. The van der Waals surface area contributed by atoms with Crippen LogP contribution in [0.25, 0.3) is 17.2 Å². The van der Waals surface area contributed by atoms with E-state index in [4.69, 9.17) is 0 Å². The van der Waals surface area contributed by atoms with Gasteiger partial charge in [-0.05, 0) is 28.8 Å². The molecule has 0 unspecified atom stereocenters. The normalized spacial score (nSPS) is 9.83. The smallest absolute Gasteiger partial charge is 0.337 e. The molecule has 0 aliphatic rings. The van der Waals surface area contributed by atoms with Crippen molar-refractivity contribution in [2.45, 2.75) is 0 Å². The quantitative estimate of drug-likeness (QED) is 0.760. The van der Waals surface area contributed by atoms with Gasteiger partial charge in [-0.15, -0.1) is 0 Å². The molecule has 2 heteroatoms. The number of carbonyl (C=O) groups excluding carboxylic acids is 1. The molecule has 0 saturated carbocycles. The molecule has 2 aromatic carbocycles. The highest BCUT2D eigenvalue weighted by atomic mass is 16.5. The number of carbonyl (C=O) groups is 1. The maximum atomic E-state index is 11.3. The van der Waals surface area contributed by atoms with Crippen molar-refractivity contribution < 1.29 is 9.53 Å². The average Bonchev–Trinajstić information content (AvgIpc) is 2.47. The van der Waals surface area contributed by atoms with Crippen molar-refractivity contribution in [2.75, 3.05) is 7.11 Å². The van der Waals surface area contributed by atoms with E-state index < -0.39 is 0 Å². The fraction of sp³-hybridized carbons (Fsp3) is 0.0625. The molecule has 2 rings (SSSR count). The second kappa shape index (κ2) is 5.32. The van der Waals surface area contributed by atoms with Gasteiger partial charge in [0.05, 0.1) is 12.7 Å². The third-order valence-electron chi connectivity index (χ3n) is 2.79. The molecule has 2 nitrogen and oxygen atoms in total. The monoisotopic (exact) mass is 238 g/mol. The van der Waals surface area contributed by atoms with Crippen LogP contribution in [0.2, 0.25) is 0 Å². The van der Waals surface area contributed by atoms with Gasteiger partial charge >= 0.3 is 5.97 Å². The molecule has 0 aliphatic heterocycles. The van der Waals surface area contributed by atoms with Crippen LogP contribution in [0.4, 0.5) is 0 Å². The molecule has 0 saturated heterocycles. The van der Waals surface area contributed by atoms with Crippen LogP contribution in [0, 0.1) is 0 Å². The van der Waals surface area contributed by atoms with Gasteiger partial charge in [-0.25, -0.2) is 4.79 Å². The van der Waals surface area contributed by atoms with Gasteiger partial charge in [0.25, 0.3) is 0 Å². The minimum absolute atomic E-state index is 0.316. The third-order valence-corrected chi connectivity index (χ3v) is 2.79. The molecule has 0 aliphatic carbocycles. The van der Waals surface area contributed by atoms with Crippen LogP contribution >= 0.6 is 0 Å². The predicted molar refractivity (Wildman–Crippen MR) is 73.3 cm³/mol. The lowest BCUT2D eigenvalue weighted by Gasteiger charge is -2.04. The second-order valence-corrected chi connectivity index (χ2v) is 3.90. The van der Waals surface area contributed by atoms with E-state index in [9.17, 15) is 4.79 Å². The summed E-state index contributed by atoms with van der Waals surface area (Å²) in [6, 6.07) is 15.4. The minimum Gasteiger partial charge on any atom is -0.465 e. The number of benzene rings is 2. The molecule has 2 aromatic rings. The SMILES string of the molecule is C=Cc1ccc(-c2ccc(C(=O)OC)cc2)cc1. The zero-order valence-corrected chi connectivity index (χ0v) is 10.2. The molecule has 18 heavy (non-hydrogen) atoms. The number of hydrogen-bond acceptors (Lipinski definition) is 2. The fourth-order valence-electron chi connectivity index (χ4n) is 1.73. The molecule has 0 N–H and O–H groups in total. The number of methoxy groups -OCH3 is 1. The summed E-state index contributed by atoms with van der Waals surface area (Å²) in [7, 11) is 1.38. The van der Waals surface area contributed by atoms with E-state index in [-0.39, 0.29) is 5.97 Å². The number of esters is 1. The lowest BCUT2D eigenvalue weighted by Crippen LogP contribution is -2.00. The Morgan fingerprint density at radius 2 is 1.50 bits per heavy atom. The van der Waals surface area contributed by atoms with Gasteiger partial charge in [0.15, 0.2) is 0 Å². The van der Waals surface area contributed by atoms with Gasteiger partial charge in [-0.3, -0.25) is 0 Å². The Balaban J connectivity index is 2.28. The highest BCUT2D eigenvalue weighted by Crippen LogP contribution is 2.20. The molecular weight excluding hydrogens is 224 g/mol. The van der Waals surface area contributed by atoms with Crippen LogP contribution < -0.4 is 0 Å². The van der Waals surface area contributed by atoms with Gasteiger partial charge in [-0.1, -0.05) is 49.1 Å². The zero-order chi connectivity index (χ0) is 13.0. The highest BCUT2D eigenvalue weighted by Gasteiger charge is 2.04. The highest BCUT2D eigenvalue weighted by molar-refractivity contribution is 5.89. The van der Waals surface area contributed by atoms with Crippen molar-refractivity contribution >= 4 is 12.0 Å².